The van der Waals surface area contributed by atoms with Gasteiger partial charge in [-0.3, -0.25) is 0 Å². The predicted octanol–water partition coefficient (Wildman–Crippen LogP) is 4.55. The number of alkyl halides is 3. The standard InChI is InChI=1S/C16H12F3NO2/c1-10-20(2)14-9-12(5-8-15(14)21-10)11-3-6-13(7-4-11)22-16(17,18)19/h3-9H,1H2,2H3. The molecule has 6 heteroatoms. The molecule has 1 aliphatic rings. The second-order valence-electron chi connectivity index (χ2n) is 4.81. The van der Waals surface area contributed by atoms with Gasteiger partial charge in [-0.2, -0.15) is 0 Å². The van der Waals surface area contributed by atoms with Gasteiger partial charge in [0.05, 0.1) is 5.69 Å². The van der Waals surface area contributed by atoms with E-state index in [1.54, 1.807) is 23.1 Å². The number of nitrogens with zero attached hydrogens (tertiary/aromatic N) is 1. The van der Waals surface area contributed by atoms with Crippen LogP contribution in [0.25, 0.3) is 11.1 Å². The fourth-order valence-electron chi connectivity index (χ4n) is 2.22. The topological polar surface area (TPSA) is 21.7 Å². The molecule has 0 aliphatic carbocycles. The number of fused-ring (bicyclic) bond motifs is 1. The van der Waals surface area contributed by atoms with Crippen molar-refractivity contribution < 1.29 is 22.6 Å². The molecular formula is C16H12F3NO2. The normalized spacial score (nSPS) is 13.8. The maximum Gasteiger partial charge on any atom is 0.573 e. The molecule has 3 rings (SSSR count). The van der Waals surface area contributed by atoms with E-state index in [2.05, 4.69) is 11.3 Å². The molecule has 1 aliphatic heterocycles. The summed E-state index contributed by atoms with van der Waals surface area (Å²) in [6.45, 7) is 3.78. The first-order valence-electron chi connectivity index (χ1n) is 6.44. The molecule has 22 heavy (non-hydrogen) atoms. The molecule has 3 nitrogen and oxygen atoms in total. The van der Waals surface area contributed by atoms with Crippen LogP contribution < -0.4 is 14.4 Å². The lowest BCUT2D eigenvalue weighted by atomic mass is 10.0. The first kappa shape index (κ1) is 14.3. The molecule has 1 heterocycles. The molecule has 0 fully saturated rings. The Bertz CT molecular complexity index is 723. The van der Waals surface area contributed by atoms with Gasteiger partial charge in [-0.25, -0.2) is 0 Å². The lowest BCUT2D eigenvalue weighted by molar-refractivity contribution is -0.274. The van der Waals surface area contributed by atoms with Crippen molar-refractivity contribution in [2.75, 3.05) is 11.9 Å². The van der Waals surface area contributed by atoms with Crippen LogP contribution >= 0.6 is 0 Å². The van der Waals surface area contributed by atoms with Gasteiger partial charge in [-0.15, -0.1) is 13.2 Å². The maximum absolute atomic E-state index is 12.1. The minimum atomic E-state index is -4.69. The smallest absolute Gasteiger partial charge is 0.439 e. The minimum Gasteiger partial charge on any atom is -0.439 e. The van der Waals surface area contributed by atoms with Crippen LogP contribution in [0.15, 0.2) is 54.9 Å². The van der Waals surface area contributed by atoms with E-state index in [0.29, 0.717) is 11.6 Å². The Morgan fingerprint density at radius 1 is 1.05 bits per heavy atom. The summed E-state index contributed by atoms with van der Waals surface area (Å²) in [6.07, 6.45) is -4.69. The van der Waals surface area contributed by atoms with Crippen LogP contribution in [0.4, 0.5) is 18.9 Å². The van der Waals surface area contributed by atoms with E-state index >= 15 is 0 Å². The number of rotatable bonds is 2. The van der Waals surface area contributed by atoms with Crippen LogP contribution in [0, 0.1) is 0 Å². The van der Waals surface area contributed by atoms with Gasteiger partial charge in [-0.1, -0.05) is 18.2 Å². The Morgan fingerprint density at radius 2 is 1.68 bits per heavy atom. The third kappa shape index (κ3) is 2.72. The minimum absolute atomic E-state index is 0.244. The predicted molar refractivity (Wildman–Crippen MR) is 76.7 cm³/mol. The third-order valence-corrected chi connectivity index (χ3v) is 3.34. The lowest BCUT2D eigenvalue weighted by Crippen LogP contribution is -2.16. The van der Waals surface area contributed by atoms with Crippen LogP contribution in [0.2, 0.25) is 0 Å². The van der Waals surface area contributed by atoms with Crippen molar-refractivity contribution in [3.05, 3.63) is 54.9 Å². The Balaban J connectivity index is 1.88. The van der Waals surface area contributed by atoms with Gasteiger partial charge < -0.3 is 14.4 Å². The summed E-state index contributed by atoms with van der Waals surface area (Å²) in [7, 11) is 1.83. The van der Waals surface area contributed by atoms with Gasteiger partial charge in [0.25, 0.3) is 0 Å². The molecule has 0 unspecified atom stereocenters. The highest BCUT2D eigenvalue weighted by Crippen LogP contribution is 2.40. The Hall–Kier alpha value is -2.63. The van der Waals surface area contributed by atoms with Crippen LogP contribution in [0.3, 0.4) is 0 Å². The van der Waals surface area contributed by atoms with Crippen molar-refractivity contribution in [3.8, 4) is 22.6 Å². The fourth-order valence-corrected chi connectivity index (χ4v) is 2.22. The number of anilines is 1. The first-order valence-corrected chi connectivity index (χ1v) is 6.44. The number of hydrogen-bond donors (Lipinski definition) is 0. The van der Waals surface area contributed by atoms with Gasteiger partial charge >= 0.3 is 6.36 Å². The van der Waals surface area contributed by atoms with E-state index in [0.717, 1.165) is 16.8 Å². The highest BCUT2D eigenvalue weighted by molar-refractivity contribution is 5.75. The molecule has 2 aromatic carbocycles. The van der Waals surface area contributed by atoms with Crippen molar-refractivity contribution in [2.45, 2.75) is 6.36 Å². The van der Waals surface area contributed by atoms with E-state index < -0.39 is 6.36 Å². The molecule has 0 aromatic heterocycles. The largest absolute Gasteiger partial charge is 0.573 e. The third-order valence-electron chi connectivity index (χ3n) is 3.34. The fraction of sp³-hybridized carbons (Fsp3) is 0.125. The molecular weight excluding hydrogens is 295 g/mol. The van der Waals surface area contributed by atoms with E-state index in [1.165, 1.54) is 12.1 Å². The molecule has 0 saturated heterocycles. The summed E-state index contributed by atoms with van der Waals surface area (Å²) in [6, 6.07) is 11.3. The van der Waals surface area contributed by atoms with Gasteiger partial charge in [0.2, 0.25) is 0 Å². The Labute approximate surface area is 125 Å². The quantitative estimate of drug-likeness (QED) is 0.812. The average Bonchev–Trinajstić information content (AvgIpc) is 2.73. The number of hydrogen-bond acceptors (Lipinski definition) is 3. The molecule has 0 spiro atoms. The summed E-state index contributed by atoms with van der Waals surface area (Å²) in [5.41, 5.74) is 2.50. The van der Waals surface area contributed by atoms with E-state index in [9.17, 15) is 13.2 Å². The van der Waals surface area contributed by atoms with Crippen molar-refractivity contribution >= 4 is 5.69 Å². The Morgan fingerprint density at radius 3 is 2.32 bits per heavy atom. The molecule has 2 aromatic rings. The Kier molecular flexibility index (Phi) is 3.24. The average molecular weight is 307 g/mol. The van der Waals surface area contributed by atoms with Crippen molar-refractivity contribution in [1.29, 1.82) is 0 Å². The second kappa shape index (κ2) is 4.98. The molecule has 0 radical (unpaired) electrons. The van der Waals surface area contributed by atoms with Crippen LogP contribution in [-0.4, -0.2) is 13.4 Å². The molecule has 0 atom stereocenters. The zero-order chi connectivity index (χ0) is 15.9. The first-order chi connectivity index (χ1) is 10.3. The maximum atomic E-state index is 12.1. The highest BCUT2D eigenvalue weighted by Gasteiger charge is 2.31. The van der Waals surface area contributed by atoms with Crippen LogP contribution in [-0.2, 0) is 0 Å². The van der Waals surface area contributed by atoms with Gasteiger partial charge in [0.15, 0.2) is 11.6 Å². The molecule has 0 N–H and O–H groups in total. The van der Waals surface area contributed by atoms with E-state index in [-0.39, 0.29) is 5.75 Å². The highest BCUT2D eigenvalue weighted by atomic mass is 19.4. The van der Waals surface area contributed by atoms with Gasteiger partial charge in [0, 0.05) is 7.05 Å². The number of halogens is 3. The summed E-state index contributed by atoms with van der Waals surface area (Å²) in [5.74, 6) is 0.987. The van der Waals surface area contributed by atoms with Crippen molar-refractivity contribution in [2.24, 2.45) is 0 Å². The SMILES string of the molecule is C=C1Oc2ccc(-c3ccc(OC(F)(F)F)cc3)cc2N1C. The monoisotopic (exact) mass is 307 g/mol. The van der Waals surface area contributed by atoms with Crippen molar-refractivity contribution in [1.82, 2.24) is 0 Å². The summed E-state index contributed by atoms with van der Waals surface area (Å²) in [4.78, 5) is 1.81. The van der Waals surface area contributed by atoms with E-state index in [4.69, 9.17) is 4.74 Å². The zero-order valence-electron chi connectivity index (χ0n) is 11.6. The van der Waals surface area contributed by atoms with Crippen LogP contribution in [0.5, 0.6) is 11.5 Å². The van der Waals surface area contributed by atoms with E-state index in [1.807, 2.05) is 19.2 Å². The number of ether oxygens (including phenoxy) is 2. The molecule has 114 valence electrons. The molecule has 0 amide bonds. The van der Waals surface area contributed by atoms with Gasteiger partial charge in [-0.05, 0) is 42.0 Å². The zero-order valence-corrected chi connectivity index (χ0v) is 11.6. The molecule has 0 saturated carbocycles. The summed E-state index contributed by atoms with van der Waals surface area (Å²) >= 11 is 0. The summed E-state index contributed by atoms with van der Waals surface area (Å²) in [5, 5.41) is 0. The molecule has 0 bridgehead atoms. The number of benzene rings is 2. The lowest BCUT2D eigenvalue weighted by Gasteiger charge is -2.11. The van der Waals surface area contributed by atoms with Crippen molar-refractivity contribution in [3.63, 3.8) is 0 Å². The van der Waals surface area contributed by atoms with Gasteiger partial charge in [0.1, 0.15) is 5.75 Å². The summed E-state index contributed by atoms with van der Waals surface area (Å²) < 4.78 is 45.8. The van der Waals surface area contributed by atoms with Crippen LogP contribution in [0.1, 0.15) is 0 Å². The second-order valence-corrected chi connectivity index (χ2v) is 4.81.